The number of morpholine rings is 1. The third-order valence-corrected chi connectivity index (χ3v) is 4.75. The summed E-state index contributed by atoms with van der Waals surface area (Å²) in [6.45, 7) is 5.44. The first-order valence-electron chi connectivity index (χ1n) is 9.13. The van der Waals surface area contributed by atoms with Crippen molar-refractivity contribution in [3.63, 3.8) is 0 Å². The van der Waals surface area contributed by atoms with Gasteiger partial charge in [0.2, 0.25) is 0 Å². The average molecular weight is 359 g/mol. The molecule has 27 heavy (non-hydrogen) atoms. The minimum Gasteiger partial charge on any atom is -0.379 e. The van der Waals surface area contributed by atoms with Crippen LogP contribution in [-0.4, -0.2) is 52.5 Å². The summed E-state index contributed by atoms with van der Waals surface area (Å²) < 4.78 is 7.37. The highest BCUT2D eigenvalue weighted by atomic mass is 16.5. The Bertz CT molecular complexity index is 953. The molecule has 0 spiro atoms. The second-order valence-corrected chi connectivity index (χ2v) is 6.51. The number of nitriles is 1. The molecule has 0 unspecified atom stereocenters. The van der Waals surface area contributed by atoms with Crippen LogP contribution >= 0.6 is 0 Å². The molecule has 6 heteroatoms. The van der Waals surface area contributed by atoms with E-state index in [1.807, 2.05) is 41.2 Å². The van der Waals surface area contributed by atoms with Gasteiger partial charge in [0.1, 0.15) is 6.07 Å². The fourth-order valence-corrected chi connectivity index (χ4v) is 3.26. The molecule has 3 aromatic rings. The van der Waals surface area contributed by atoms with Crippen molar-refractivity contribution in [2.45, 2.75) is 6.54 Å². The Morgan fingerprint density at radius 2 is 1.89 bits per heavy atom. The SMILES string of the molecule is N#Cc1cccnc1-c1cccc(-c2ccn(CCN3CCOCC3)n2)c1. The highest BCUT2D eigenvalue weighted by Crippen LogP contribution is 2.26. The molecule has 3 heterocycles. The summed E-state index contributed by atoms with van der Waals surface area (Å²) in [6.07, 6.45) is 3.73. The van der Waals surface area contributed by atoms with E-state index >= 15 is 0 Å². The zero-order valence-corrected chi connectivity index (χ0v) is 15.1. The van der Waals surface area contributed by atoms with Crippen molar-refractivity contribution in [1.29, 1.82) is 5.26 Å². The maximum absolute atomic E-state index is 9.32. The molecule has 0 amide bonds. The Hall–Kier alpha value is -3.01. The van der Waals surface area contributed by atoms with Gasteiger partial charge in [0, 0.05) is 43.2 Å². The molecule has 0 atom stereocenters. The van der Waals surface area contributed by atoms with Gasteiger partial charge in [0.15, 0.2) is 0 Å². The molecule has 0 radical (unpaired) electrons. The van der Waals surface area contributed by atoms with E-state index in [1.54, 1.807) is 18.3 Å². The highest BCUT2D eigenvalue weighted by molar-refractivity contribution is 5.72. The number of ether oxygens (including phenoxy) is 1. The zero-order valence-electron chi connectivity index (χ0n) is 15.1. The van der Waals surface area contributed by atoms with Crippen LogP contribution in [0.3, 0.4) is 0 Å². The van der Waals surface area contributed by atoms with Crippen molar-refractivity contribution in [3.05, 3.63) is 60.4 Å². The van der Waals surface area contributed by atoms with E-state index in [0.29, 0.717) is 11.3 Å². The Kier molecular flexibility index (Phi) is 5.24. The number of nitrogens with zero attached hydrogens (tertiary/aromatic N) is 5. The number of benzene rings is 1. The minimum absolute atomic E-state index is 0.575. The van der Waals surface area contributed by atoms with E-state index in [1.165, 1.54) is 0 Å². The van der Waals surface area contributed by atoms with Crippen molar-refractivity contribution >= 4 is 0 Å². The summed E-state index contributed by atoms with van der Waals surface area (Å²) in [5.41, 5.74) is 4.15. The molecule has 2 aromatic heterocycles. The fraction of sp³-hybridized carbons (Fsp3) is 0.286. The predicted molar refractivity (Wildman–Crippen MR) is 103 cm³/mol. The largest absolute Gasteiger partial charge is 0.379 e. The lowest BCUT2D eigenvalue weighted by Crippen LogP contribution is -2.38. The summed E-state index contributed by atoms with van der Waals surface area (Å²) in [4.78, 5) is 6.78. The molecular formula is C21H21N5O. The first kappa shape index (κ1) is 17.4. The molecule has 1 saturated heterocycles. The van der Waals surface area contributed by atoms with Crippen LogP contribution in [-0.2, 0) is 11.3 Å². The quantitative estimate of drug-likeness (QED) is 0.701. The van der Waals surface area contributed by atoms with Crippen LogP contribution in [0.5, 0.6) is 0 Å². The minimum atomic E-state index is 0.575. The van der Waals surface area contributed by atoms with Crippen molar-refractivity contribution in [3.8, 4) is 28.6 Å². The van der Waals surface area contributed by atoms with Gasteiger partial charge >= 0.3 is 0 Å². The van der Waals surface area contributed by atoms with Gasteiger partial charge in [-0.05, 0) is 24.3 Å². The smallest absolute Gasteiger partial charge is 0.101 e. The molecule has 0 saturated carbocycles. The van der Waals surface area contributed by atoms with Crippen molar-refractivity contribution in [2.75, 3.05) is 32.8 Å². The second kappa shape index (κ2) is 8.12. The van der Waals surface area contributed by atoms with E-state index in [9.17, 15) is 5.26 Å². The summed E-state index contributed by atoms with van der Waals surface area (Å²) in [6, 6.07) is 15.8. The van der Waals surface area contributed by atoms with Crippen LogP contribution < -0.4 is 0 Å². The Labute approximate surface area is 158 Å². The first-order valence-corrected chi connectivity index (χ1v) is 9.13. The Balaban J connectivity index is 1.51. The number of rotatable bonds is 5. The highest BCUT2D eigenvalue weighted by Gasteiger charge is 2.11. The van der Waals surface area contributed by atoms with Crippen LogP contribution in [0.15, 0.2) is 54.9 Å². The lowest BCUT2D eigenvalue weighted by molar-refractivity contribution is 0.0360. The molecule has 1 aromatic carbocycles. The second-order valence-electron chi connectivity index (χ2n) is 6.51. The van der Waals surface area contributed by atoms with Crippen molar-refractivity contribution in [1.82, 2.24) is 19.7 Å². The first-order chi connectivity index (χ1) is 13.3. The normalized spacial score (nSPS) is 14.8. The average Bonchev–Trinajstić information content (AvgIpc) is 3.22. The van der Waals surface area contributed by atoms with Crippen LogP contribution in [0, 0.1) is 11.3 Å². The van der Waals surface area contributed by atoms with Gasteiger partial charge in [-0.2, -0.15) is 10.4 Å². The number of hydrogen-bond donors (Lipinski definition) is 0. The molecule has 4 rings (SSSR count). The topological polar surface area (TPSA) is 67.0 Å². The van der Waals surface area contributed by atoms with Gasteiger partial charge in [-0.3, -0.25) is 14.6 Å². The molecule has 0 aliphatic carbocycles. The lowest BCUT2D eigenvalue weighted by atomic mass is 10.0. The van der Waals surface area contributed by atoms with Crippen LogP contribution in [0.1, 0.15) is 5.56 Å². The van der Waals surface area contributed by atoms with Crippen molar-refractivity contribution in [2.24, 2.45) is 0 Å². The molecule has 6 nitrogen and oxygen atoms in total. The summed E-state index contributed by atoms with van der Waals surface area (Å²) >= 11 is 0. The third kappa shape index (κ3) is 4.05. The van der Waals surface area contributed by atoms with Gasteiger partial charge in [-0.15, -0.1) is 0 Å². The van der Waals surface area contributed by atoms with Gasteiger partial charge < -0.3 is 4.74 Å². The number of aromatic nitrogens is 3. The molecule has 0 N–H and O–H groups in total. The lowest BCUT2D eigenvalue weighted by Gasteiger charge is -2.26. The molecular weight excluding hydrogens is 338 g/mol. The predicted octanol–water partition coefficient (Wildman–Crippen LogP) is 2.82. The van der Waals surface area contributed by atoms with E-state index < -0.39 is 0 Å². The number of pyridine rings is 1. The summed E-state index contributed by atoms with van der Waals surface area (Å²) in [5.74, 6) is 0. The maximum atomic E-state index is 9.32. The molecule has 1 aliphatic rings. The summed E-state index contributed by atoms with van der Waals surface area (Å²) in [5, 5.41) is 14.0. The van der Waals surface area contributed by atoms with Crippen molar-refractivity contribution < 1.29 is 4.74 Å². The zero-order chi connectivity index (χ0) is 18.5. The number of hydrogen-bond acceptors (Lipinski definition) is 5. The van der Waals surface area contributed by atoms with E-state index in [-0.39, 0.29) is 0 Å². The van der Waals surface area contributed by atoms with Gasteiger partial charge in [0.25, 0.3) is 0 Å². The van der Waals surface area contributed by atoms with Gasteiger partial charge in [0.05, 0.1) is 36.7 Å². The Morgan fingerprint density at radius 3 is 2.74 bits per heavy atom. The maximum Gasteiger partial charge on any atom is 0.101 e. The molecule has 0 bridgehead atoms. The molecule has 1 aliphatic heterocycles. The van der Waals surface area contributed by atoms with Crippen LogP contribution in [0.4, 0.5) is 0 Å². The Morgan fingerprint density at radius 1 is 1.04 bits per heavy atom. The van der Waals surface area contributed by atoms with E-state index in [0.717, 1.165) is 56.2 Å². The fourth-order valence-electron chi connectivity index (χ4n) is 3.26. The van der Waals surface area contributed by atoms with Crippen LogP contribution in [0.25, 0.3) is 22.5 Å². The monoisotopic (exact) mass is 359 g/mol. The van der Waals surface area contributed by atoms with E-state index in [4.69, 9.17) is 9.84 Å². The standard InChI is InChI=1S/C21H21N5O/c22-16-19-5-2-7-23-21(19)18-4-1-3-17(15-18)20-6-8-26(24-20)10-9-25-11-13-27-14-12-25/h1-8,15H,9-14H2. The van der Waals surface area contributed by atoms with Gasteiger partial charge in [-0.25, -0.2) is 0 Å². The molecule has 136 valence electrons. The van der Waals surface area contributed by atoms with Crippen LogP contribution in [0.2, 0.25) is 0 Å². The van der Waals surface area contributed by atoms with E-state index in [2.05, 4.69) is 16.0 Å². The third-order valence-electron chi connectivity index (χ3n) is 4.75. The van der Waals surface area contributed by atoms with Gasteiger partial charge in [-0.1, -0.05) is 18.2 Å². The molecule has 1 fully saturated rings. The summed E-state index contributed by atoms with van der Waals surface area (Å²) in [7, 11) is 0.